The first-order chi connectivity index (χ1) is 10.1. The number of aliphatic hydroxyl groups is 1. The van der Waals surface area contributed by atoms with Crippen molar-refractivity contribution in [3.05, 3.63) is 42.1 Å². The van der Waals surface area contributed by atoms with Crippen molar-refractivity contribution in [2.24, 2.45) is 11.3 Å². The first-order valence-electron chi connectivity index (χ1n) is 8.14. The topological polar surface area (TPSA) is 33.1 Å². The fourth-order valence-corrected chi connectivity index (χ4v) is 4.16. The van der Waals surface area contributed by atoms with Gasteiger partial charge < -0.3 is 5.11 Å². The van der Waals surface area contributed by atoms with Crippen molar-refractivity contribution < 1.29 is 5.11 Å². The summed E-state index contributed by atoms with van der Waals surface area (Å²) in [4.78, 5) is 4.52. The van der Waals surface area contributed by atoms with Gasteiger partial charge in [-0.3, -0.25) is 4.98 Å². The number of nitrogens with zero attached hydrogens (tertiary/aromatic N) is 1. The van der Waals surface area contributed by atoms with E-state index in [2.05, 4.69) is 37.0 Å². The van der Waals surface area contributed by atoms with Gasteiger partial charge in [-0.25, -0.2) is 0 Å². The van der Waals surface area contributed by atoms with E-state index < -0.39 is 6.10 Å². The Morgan fingerprint density at radius 2 is 1.86 bits per heavy atom. The number of para-hydroxylation sites is 1. The van der Waals surface area contributed by atoms with Crippen LogP contribution in [0, 0.1) is 11.3 Å². The number of aliphatic hydroxyl groups excluding tert-OH is 1. The van der Waals surface area contributed by atoms with Crippen LogP contribution in [0.15, 0.2) is 36.5 Å². The molecule has 1 unspecified atom stereocenters. The number of fused-ring (bicyclic) bond motifs is 1. The van der Waals surface area contributed by atoms with Crippen LogP contribution in [-0.2, 0) is 0 Å². The summed E-state index contributed by atoms with van der Waals surface area (Å²) in [6.07, 6.45) is 7.26. The van der Waals surface area contributed by atoms with Gasteiger partial charge in [0.1, 0.15) is 0 Å². The van der Waals surface area contributed by atoms with Crippen molar-refractivity contribution in [2.75, 3.05) is 0 Å². The molecule has 0 amide bonds. The fourth-order valence-electron chi connectivity index (χ4n) is 4.16. The van der Waals surface area contributed by atoms with E-state index in [1.165, 1.54) is 12.8 Å². The lowest BCUT2D eigenvalue weighted by molar-refractivity contribution is 0.0121. The number of pyridine rings is 1. The Hall–Kier alpha value is -1.41. The van der Waals surface area contributed by atoms with Crippen LogP contribution in [0.2, 0.25) is 0 Å². The molecule has 0 radical (unpaired) electrons. The molecule has 112 valence electrons. The third kappa shape index (κ3) is 2.69. The molecule has 1 aliphatic carbocycles. The van der Waals surface area contributed by atoms with Gasteiger partial charge in [-0.15, -0.1) is 0 Å². The minimum atomic E-state index is -0.402. The van der Waals surface area contributed by atoms with Gasteiger partial charge >= 0.3 is 0 Å². The predicted molar refractivity (Wildman–Crippen MR) is 87.1 cm³/mol. The quantitative estimate of drug-likeness (QED) is 0.868. The molecule has 0 aliphatic heterocycles. The van der Waals surface area contributed by atoms with Gasteiger partial charge in [0.25, 0.3) is 0 Å². The maximum atomic E-state index is 11.2. The van der Waals surface area contributed by atoms with Crippen molar-refractivity contribution in [2.45, 2.75) is 52.1 Å². The van der Waals surface area contributed by atoms with Gasteiger partial charge in [0.2, 0.25) is 0 Å². The standard InChI is InChI=1S/C19H25NO/c1-14(2)13-19(10-3-4-11-19)18(21)16-9-5-7-15-8-6-12-20-17(15)16/h5-9,12,14,18,21H,3-4,10-11,13H2,1-2H3. The summed E-state index contributed by atoms with van der Waals surface area (Å²) < 4.78 is 0. The third-order valence-electron chi connectivity index (χ3n) is 4.95. The molecule has 2 nitrogen and oxygen atoms in total. The van der Waals surface area contributed by atoms with Gasteiger partial charge in [0, 0.05) is 22.6 Å². The average molecular weight is 283 g/mol. The van der Waals surface area contributed by atoms with Crippen molar-refractivity contribution in [3.8, 4) is 0 Å². The van der Waals surface area contributed by atoms with Crippen LogP contribution < -0.4 is 0 Å². The van der Waals surface area contributed by atoms with Crippen LogP contribution in [-0.4, -0.2) is 10.1 Å². The van der Waals surface area contributed by atoms with E-state index in [1.54, 1.807) is 0 Å². The van der Waals surface area contributed by atoms with Crippen molar-refractivity contribution in [1.82, 2.24) is 4.98 Å². The molecule has 1 heterocycles. The van der Waals surface area contributed by atoms with Crippen LogP contribution in [0.25, 0.3) is 10.9 Å². The second-order valence-corrected chi connectivity index (χ2v) is 6.99. The zero-order valence-corrected chi connectivity index (χ0v) is 13.0. The summed E-state index contributed by atoms with van der Waals surface area (Å²) in [5.41, 5.74) is 2.01. The molecule has 1 aliphatic rings. The van der Waals surface area contributed by atoms with Crippen molar-refractivity contribution in [3.63, 3.8) is 0 Å². The molecule has 1 saturated carbocycles. The Kier molecular flexibility index (Phi) is 3.99. The van der Waals surface area contributed by atoms with Crippen molar-refractivity contribution >= 4 is 10.9 Å². The Bertz CT molecular complexity index is 608. The first-order valence-corrected chi connectivity index (χ1v) is 8.14. The molecule has 1 N–H and O–H groups in total. The lowest BCUT2D eigenvalue weighted by Gasteiger charge is -2.36. The summed E-state index contributed by atoms with van der Waals surface area (Å²) >= 11 is 0. The van der Waals surface area contributed by atoms with E-state index in [4.69, 9.17) is 0 Å². The molecule has 1 fully saturated rings. The molecular formula is C19H25NO. The largest absolute Gasteiger partial charge is 0.388 e. The van der Waals surface area contributed by atoms with Gasteiger partial charge in [-0.2, -0.15) is 0 Å². The maximum Gasteiger partial charge on any atom is 0.0867 e. The van der Waals surface area contributed by atoms with E-state index >= 15 is 0 Å². The summed E-state index contributed by atoms with van der Waals surface area (Å²) in [5, 5.41) is 12.3. The first kappa shape index (κ1) is 14.5. The Labute approximate surface area is 127 Å². The summed E-state index contributed by atoms with van der Waals surface area (Å²) in [6.45, 7) is 4.52. The monoisotopic (exact) mass is 283 g/mol. The van der Waals surface area contributed by atoms with Gasteiger partial charge in [-0.05, 0) is 31.2 Å². The van der Waals surface area contributed by atoms with Gasteiger partial charge in [0.05, 0.1) is 11.6 Å². The Balaban J connectivity index is 2.04. The maximum absolute atomic E-state index is 11.2. The lowest BCUT2D eigenvalue weighted by Crippen LogP contribution is -2.28. The molecule has 0 saturated heterocycles. The molecule has 21 heavy (non-hydrogen) atoms. The average Bonchev–Trinajstić information content (AvgIpc) is 2.95. The van der Waals surface area contributed by atoms with Crippen LogP contribution in [0.5, 0.6) is 0 Å². The molecule has 3 rings (SSSR count). The zero-order valence-electron chi connectivity index (χ0n) is 13.0. The molecule has 1 aromatic heterocycles. The summed E-state index contributed by atoms with van der Waals surface area (Å²) in [5.74, 6) is 0.612. The van der Waals surface area contributed by atoms with Crippen LogP contribution in [0.4, 0.5) is 0 Å². The molecular weight excluding hydrogens is 258 g/mol. The normalized spacial score (nSPS) is 19.2. The smallest absolute Gasteiger partial charge is 0.0867 e. The SMILES string of the molecule is CC(C)CC1(C(O)c2cccc3cccnc23)CCCC1. The highest BCUT2D eigenvalue weighted by molar-refractivity contribution is 5.81. The van der Waals surface area contributed by atoms with E-state index in [1.807, 2.05) is 18.3 Å². The Morgan fingerprint density at radius 1 is 1.14 bits per heavy atom. The minimum absolute atomic E-state index is 0.0416. The molecule has 0 bridgehead atoms. The van der Waals surface area contributed by atoms with E-state index in [-0.39, 0.29) is 5.41 Å². The zero-order chi connectivity index (χ0) is 14.9. The fraction of sp³-hybridized carbons (Fsp3) is 0.526. The highest BCUT2D eigenvalue weighted by Crippen LogP contribution is 2.52. The highest BCUT2D eigenvalue weighted by Gasteiger charge is 2.42. The van der Waals surface area contributed by atoms with Crippen LogP contribution in [0.1, 0.15) is 57.6 Å². The molecule has 0 spiro atoms. The van der Waals surface area contributed by atoms with E-state index in [0.29, 0.717) is 5.92 Å². The predicted octanol–water partition coefficient (Wildman–Crippen LogP) is 4.87. The number of aromatic nitrogens is 1. The van der Waals surface area contributed by atoms with E-state index in [9.17, 15) is 5.11 Å². The number of hydrogen-bond acceptors (Lipinski definition) is 2. The minimum Gasteiger partial charge on any atom is -0.388 e. The summed E-state index contributed by atoms with van der Waals surface area (Å²) in [7, 11) is 0. The van der Waals surface area contributed by atoms with Crippen LogP contribution in [0.3, 0.4) is 0 Å². The van der Waals surface area contributed by atoms with Crippen LogP contribution >= 0.6 is 0 Å². The molecule has 2 aromatic rings. The molecule has 1 aromatic carbocycles. The highest BCUT2D eigenvalue weighted by atomic mass is 16.3. The van der Waals surface area contributed by atoms with Gasteiger partial charge in [0.15, 0.2) is 0 Å². The number of rotatable bonds is 4. The molecule has 2 heteroatoms. The van der Waals surface area contributed by atoms with Crippen molar-refractivity contribution in [1.29, 1.82) is 0 Å². The molecule has 1 atom stereocenters. The Morgan fingerprint density at radius 3 is 2.57 bits per heavy atom. The van der Waals surface area contributed by atoms with Gasteiger partial charge in [-0.1, -0.05) is 51.0 Å². The third-order valence-corrected chi connectivity index (χ3v) is 4.95. The second-order valence-electron chi connectivity index (χ2n) is 6.99. The van der Waals surface area contributed by atoms with E-state index in [0.717, 1.165) is 35.7 Å². The summed E-state index contributed by atoms with van der Waals surface area (Å²) in [6, 6.07) is 10.2. The number of benzene rings is 1. The number of hydrogen-bond donors (Lipinski definition) is 1. The second kappa shape index (κ2) is 5.76. The lowest BCUT2D eigenvalue weighted by atomic mass is 9.71.